The van der Waals surface area contributed by atoms with Crippen LogP contribution in [0.25, 0.3) is 0 Å². The van der Waals surface area contributed by atoms with Crippen LogP contribution >= 0.6 is 0 Å². The highest BCUT2D eigenvalue weighted by Crippen LogP contribution is 2.25. The molecular weight excluding hydrogens is 368 g/mol. The Kier molecular flexibility index (Phi) is 7.73. The molecule has 156 valence electrons. The van der Waals surface area contributed by atoms with Gasteiger partial charge >= 0.3 is 12.1 Å². The van der Waals surface area contributed by atoms with Crippen molar-refractivity contribution in [2.24, 2.45) is 0 Å². The summed E-state index contributed by atoms with van der Waals surface area (Å²) < 4.78 is 39.7. The van der Waals surface area contributed by atoms with E-state index < -0.39 is 35.2 Å². The number of ether oxygens (including phenoxy) is 2. The average molecular weight is 397 g/mol. The number of amides is 1. The van der Waals surface area contributed by atoms with Crippen LogP contribution in [-0.4, -0.2) is 35.2 Å². The summed E-state index contributed by atoms with van der Waals surface area (Å²) in [6.45, 7) is 9.83. The van der Waals surface area contributed by atoms with E-state index in [4.69, 9.17) is 9.47 Å². The zero-order valence-electron chi connectivity index (χ0n) is 17.2. The Morgan fingerprint density at radius 2 is 1.54 bits per heavy atom. The Balaban J connectivity index is 3.00. The molecule has 0 heterocycles. The number of halogens is 2. The topological polar surface area (TPSA) is 64.6 Å². The predicted octanol–water partition coefficient (Wildman–Crippen LogP) is 4.66. The largest absolute Gasteiger partial charge is 0.457 e. The van der Waals surface area contributed by atoms with Crippen LogP contribution < -0.4 is 5.32 Å². The summed E-state index contributed by atoms with van der Waals surface area (Å²) >= 11 is 0. The molecule has 1 aromatic rings. The number of carbonyl (C=O) groups excluding carboxylic acids is 2. The smallest absolute Gasteiger partial charge is 0.408 e. The van der Waals surface area contributed by atoms with Gasteiger partial charge in [0.05, 0.1) is 0 Å². The Bertz CT molecular complexity index is 689. The van der Waals surface area contributed by atoms with Gasteiger partial charge in [-0.05, 0) is 59.6 Å². The van der Waals surface area contributed by atoms with Crippen molar-refractivity contribution in [3.05, 3.63) is 48.0 Å². The van der Waals surface area contributed by atoms with Gasteiger partial charge in [-0.3, -0.25) is 0 Å². The van der Waals surface area contributed by atoms with Gasteiger partial charge in [-0.25, -0.2) is 9.59 Å². The number of hydrogen-bond donors (Lipinski definition) is 1. The van der Waals surface area contributed by atoms with E-state index in [0.29, 0.717) is 17.7 Å². The van der Waals surface area contributed by atoms with E-state index in [1.165, 1.54) is 0 Å². The third kappa shape index (κ3) is 9.48. The summed E-state index contributed by atoms with van der Waals surface area (Å²) in [6.07, 6.45) is 0.0245. The van der Waals surface area contributed by atoms with Crippen molar-refractivity contribution in [2.45, 2.75) is 71.1 Å². The minimum absolute atomic E-state index is 0.147. The lowest BCUT2D eigenvalue weighted by Gasteiger charge is -2.28. The van der Waals surface area contributed by atoms with E-state index in [1.54, 1.807) is 71.9 Å². The van der Waals surface area contributed by atoms with E-state index in [-0.39, 0.29) is 6.42 Å². The maximum absolute atomic E-state index is 14.8. The van der Waals surface area contributed by atoms with E-state index in [1.807, 2.05) is 0 Å². The molecule has 0 saturated carbocycles. The number of carbonyl (C=O) groups is 2. The molecule has 0 aliphatic rings. The first-order valence-electron chi connectivity index (χ1n) is 9.01. The molecule has 0 bridgehead atoms. The molecule has 7 heteroatoms. The molecule has 1 atom stereocenters. The van der Waals surface area contributed by atoms with Crippen LogP contribution in [0.3, 0.4) is 0 Å². The van der Waals surface area contributed by atoms with E-state index in [9.17, 15) is 18.4 Å². The highest BCUT2D eigenvalue weighted by molar-refractivity contribution is 5.82. The van der Waals surface area contributed by atoms with Crippen LogP contribution in [-0.2, 0) is 20.7 Å². The fraction of sp³-hybridized carbons (Fsp3) is 0.524. The monoisotopic (exact) mass is 397 g/mol. The van der Waals surface area contributed by atoms with Crippen LogP contribution in [0.5, 0.6) is 0 Å². The highest BCUT2D eigenvalue weighted by Gasteiger charge is 2.39. The minimum Gasteiger partial charge on any atom is -0.457 e. The normalized spacial score (nSPS) is 13.9. The molecular formula is C21H29F2NO4. The van der Waals surface area contributed by atoms with Gasteiger partial charge in [0.2, 0.25) is 0 Å². The van der Waals surface area contributed by atoms with Gasteiger partial charge < -0.3 is 14.8 Å². The number of rotatable bonds is 6. The van der Waals surface area contributed by atoms with Gasteiger partial charge in [0.15, 0.2) is 0 Å². The first kappa shape index (κ1) is 23.6. The number of hydrogen-bond acceptors (Lipinski definition) is 4. The van der Waals surface area contributed by atoms with Gasteiger partial charge in [-0.1, -0.05) is 30.3 Å². The molecule has 1 N–H and O–H groups in total. The number of benzene rings is 1. The average Bonchev–Trinajstić information content (AvgIpc) is 2.50. The van der Waals surface area contributed by atoms with Crippen molar-refractivity contribution in [2.75, 3.05) is 0 Å². The van der Waals surface area contributed by atoms with Crippen LogP contribution in [0.15, 0.2) is 42.5 Å². The second-order valence-corrected chi connectivity index (χ2v) is 8.43. The lowest BCUT2D eigenvalue weighted by atomic mass is 10.00. The van der Waals surface area contributed by atoms with Crippen LogP contribution in [0, 0.1) is 0 Å². The number of alkyl carbamates (subject to hydrolysis) is 1. The van der Waals surface area contributed by atoms with E-state index in [2.05, 4.69) is 5.32 Å². The molecule has 1 rings (SSSR count). The summed E-state index contributed by atoms with van der Waals surface area (Å²) in [5, 5.41) is 2.22. The molecule has 0 unspecified atom stereocenters. The van der Waals surface area contributed by atoms with E-state index >= 15 is 0 Å². The van der Waals surface area contributed by atoms with E-state index in [0.717, 1.165) is 0 Å². The van der Waals surface area contributed by atoms with Crippen molar-refractivity contribution < 1.29 is 27.8 Å². The fourth-order valence-corrected chi connectivity index (χ4v) is 2.21. The summed E-state index contributed by atoms with van der Waals surface area (Å²) in [5.74, 6) is -4.40. The van der Waals surface area contributed by atoms with Gasteiger partial charge in [-0.2, -0.15) is 8.78 Å². The SMILES string of the molecule is CC(C)(C)OC(=O)/C=C\C(F)(F)[C@@H](Cc1ccccc1)NC(=O)OC(C)(C)C. The molecule has 0 saturated heterocycles. The molecule has 1 amide bonds. The lowest BCUT2D eigenvalue weighted by Crippen LogP contribution is -2.49. The van der Waals surface area contributed by atoms with Crippen LogP contribution in [0.1, 0.15) is 47.1 Å². The molecule has 5 nitrogen and oxygen atoms in total. The molecule has 0 fully saturated rings. The predicted molar refractivity (Wildman–Crippen MR) is 103 cm³/mol. The van der Waals surface area contributed by atoms with Crippen LogP contribution in [0.4, 0.5) is 13.6 Å². The molecule has 0 radical (unpaired) electrons. The Morgan fingerprint density at radius 1 is 1.00 bits per heavy atom. The number of nitrogens with one attached hydrogen (secondary N) is 1. The van der Waals surface area contributed by atoms with Gasteiger partial charge in [-0.15, -0.1) is 0 Å². The number of alkyl halides is 2. The minimum atomic E-state index is -3.51. The van der Waals surface area contributed by atoms with Crippen LogP contribution in [0.2, 0.25) is 0 Å². The standard InChI is InChI=1S/C21H29F2NO4/c1-19(2,3)27-17(25)12-13-21(22,23)16(14-15-10-8-7-9-11-15)24-18(26)28-20(4,5)6/h7-13,16H,14H2,1-6H3,(H,24,26)/b13-12-/t16-/m1/s1. The van der Waals surface area contributed by atoms with Crippen molar-refractivity contribution in [1.82, 2.24) is 5.32 Å². The zero-order valence-corrected chi connectivity index (χ0v) is 17.2. The number of esters is 1. The van der Waals surface area contributed by atoms with Crippen molar-refractivity contribution in [3.63, 3.8) is 0 Å². The molecule has 0 aliphatic heterocycles. The Morgan fingerprint density at radius 3 is 2.04 bits per heavy atom. The highest BCUT2D eigenvalue weighted by atomic mass is 19.3. The van der Waals surface area contributed by atoms with Crippen molar-refractivity contribution >= 4 is 12.1 Å². The zero-order chi connectivity index (χ0) is 21.6. The third-order valence-electron chi connectivity index (χ3n) is 3.29. The molecule has 1 aromatic carbocycles. The molecule has 28 heavy (non-hydrogen) atoms. The van der Waals surface area contributed by atoms with Gasteiger partial charge in [0, 0.05) is 6.08 Å². The molecule has 0 aliphatic carbocycles. The second-order valence-electron chi connectivity index (χ2n) is 8.43. The summed E-state index contributed by atoms with van der Waals surface area (Å²) in [7, 11) is 0. The summed E-state index contributed by atoms with van der Waals surface area (Å²) in [4.78, 5) is 23.8. The van der Waals surface area contributed by atoms with Crippen molar-refractivity contribution in [3.8, 4) is 0 Å². The lowest BCUT2D eigenvalue weighted by molar-refractivity contribution is -0.148. The Labute approximate surface area is 165 Å². The van der Waals surface area contributed by atoms with Gasteiger partial charge in [0.1, 0.15) is 17.2 Å². The third-order valence-corrected chi connectivity index (χ3v) is 3.29. The maximum atomic E-state index is 14.8. The second kappa shape index (κ2) is 9.17. The summed E-state index contributed by atoms with van der Waals surface area (Å²) in [6, 6.07) is 6.95. The fourth-order valence-electron chi connectivity index (χ4n) is 2.21. The first-order chi connectivity index (χ1) is 12.7. The maximum Gasteiger partial charge on any atom is 0.408 e. The molecule has 0 aromatic heterocycles. The first-order valence-corrected chi connectivity index (χ1v) is 9.01. The summed E-state index contributed by atoms with van der Waals surface area (Å²) in [5.41, 5.74) is -1.02. The quantitative estimate of drug-likeness (QED) is 0.560. The Hall–Kier alpha value is -2.44. The van der Waals surface area contributed by atoms with Gasteiger partial charge in [0.25, 0.3) is 5.92 Å². The van der Waals surface area contributed by atoms with Crippen molar-refractivity contribution in [1.29, 1.82) is 0 Å². The molecule has 0 spiro atoms.